The molecule has 1 unspecified atom stereocenters. The van der Waals surface area contributed by atoms with Crippen molar-refractivity contribution in [3.63, 3.8) is 0 Å². The molecule has 0 saturated heterocycles. The summed E-state index contributed by atoms with van der Waals surface area (Å²) >= 11 is 0. The molecule has 24 heavy (non-hydrogen) atoms. The van der Waals surface area contributed by atoms with E-state index in [1.807, 2.05) is 26.8 Å². The predicted octanol–water partition coefficient (Wildman–Crippen LogP) is 4.15. The Bertz CT molecular complexity index is 617. The van der Waals surface area contributed by atoms with Gasteiger partial charge in [-0.05, 0) is 30.9 Å². The maximum absolute atomic E-state index is 12.4. The van der Waals surface area contributed by atoms with Gasteiger partial charge in [-0.2, -0.15) is 8.42 Å². The summed E-state index contributed by atoms with van der Waals surface area (Å²) in [6, 6.07) is 8.64. The molecule has 0 aliphatic heterocycles. The van der Waals surface area contributed by atoms with Crippen LogP contribution in [0.5, 0.6) is 5.75 Å². The lowest BCUT2D eigenvalue weighted by Gasteiger charge is -2.46. The summed E-state index contributed by atoms with van der Waals surface area (Å²) in [7, 11) is -4.57. The van der Waals surface area contributed by atoms with Crippen LogP contribution in [0.15, 0.2) is 30.3 Å². The Morgan fingerprint density at radius 3 is 2.00 bits per heavy atom. The molecule has 1 N–H and O–H groups in total. The van der Waals surface area contributed by atoms with Gasteiger partial charge in [-0.3, -0.25) is 4.55 Å². The van der Waals surface area contributed by atoms with Crippen LogP contribution in [0.3, 0.4) is 0 Å². The van der Waals surface area contributed by atoms with Gasteiger partial charge >= 0.3 is 10.1 Å². The van der Waals surface area contributed by atoms with Gasteiger partial charge in [0.15, 0.2) is 0 Å². The van der Waals surface area contributed by atoms with Gasteiger partial charge in [-0.25, -0.2) is 0 Å². The van der Waals surface area contributed by atoms with E-state index in [1.165, 1.54) is 0 Å². The van der Waals surface area contributed by atoms with Crippen molar-refractivity contribution in [2.24, 2.45) is 10.8 Å². The molecule has 1 aromatic rings. The van der Waals surface area contributed by atoms with Crippen molar-refractivity contribution in [1.29, 1.82) is 0 Å². The van der Waals surface area contributed by atoms with Crippen LogP contribution in [-0.4, -0.2) is 31.1 Å². The van der Waals surface area contributed by atoms with E-state index < -0.39 is 20.5 Å². The third-order valence-corrected chi connectivity index (χ3v) is 5.53. The molecule has 0 spiro atoms. The first-order valence-electron chi connectivity index (χ1n) is 8.13. The van der Waals surface area contributed by atoms with Gasteiger partial charge in [0, 0.05) is 12.0 Å². The first-order valence-corrected chi connectivity index (χ1v) is 9.57. The Labute approximate surface area is 146 Å². The fourth-order valence-electron chi connectivity index (χ4n) is 3.22. The lowest BCUT2D eigenvalue weighted by molar-refractivity contribution is -0.0596. The van der Waals surface area contributed by atoms with Crippen LogP contribution in [-0.2, 0) is 14.9 Å². The second kappa shape index (κ2) is 7.42. The van der Waals surface area contributed by atoms with Gasteiger partial charge in [0.25, 0.3) is 4.93 Å². The molecule has 0 aromatic heterocycles. The Morgan fingerprint density at radius 2 is 1.58 bits per heavy atom. The van der Waals surface area contributed by atoms with Gasteiger partial charge in [0.1, 0.15) is 12.4 Å². The van der Waals surface area contributed by atoms with E-state index in [0.29, 0.717) is 18.8 Å². The largest absolute Gasteiger partial charge is 0.466 e. The minimum Gasteiger partial charge on any atom is -0.466 e. The van der Waals surface area contributed by atoms with Crippen molar-refractivity contribution >= 4 is 10.1 Å². The molecule has 1 aromatic carbocycles. The summed E-state index contributed by atoms with van der Waals surface area (Å²) in [5, 5.41) is 0. The van der Waals surface area contributed by atoms with Gasteiger partial charge in [0.2, 0.25) is 0 Å². The fraction of sp³-hybridized carbons (Fsp3) is 0.667. The zero-order valence-corrected chi connectivity index (χ0v) is 16.3. The number of benzene rings is 1. The fourth-order valence-corrected chi connectivity index (χ4v) is 4.42. The quantitative estimate of drug-likeness (QED) is 0.707. The number of hydrogen-bond acceptors (Lipinski definition) is 4. The molecule has 1 atom stereocenters. The molecule has 0 heterocycles. The highest BCUT2D eigenvalue weighted by atomic mass is 32.2. The highest BCUT2D eigenvalue weighted by molar-refractivity contribution is 7.87. The molecular formula is C18H30O5S. The second-order valence-corrected chi connectivity index (χ2v) is 9.51. The highest BCUT2D eigenvalue weighted by Gasteiger charge is 2.58. The van der Waals surface area contributed by atoms with Crippen LogP contribution in [0.2, 0.25) is 0 Å². The molecule has 0 fully saturated rings. The van der Waals surface area contributed by atoms with Crippen LogP contribution in [0.4, 0.5) is 0 Å². The molecule has 0 aliphatic rings. The number of para-hydroxylation sites is 1. The Hall–Kier alpha value is -1.11. The molecule has 5 nitrogen and oxygen atoms in total. The number of rotatable bonds is 8. The summed E-state index contributed by atoms with van der Waals surface area (Å²) in [4.78, 5) is -1.90. The van der Waals surface area contributed by atoms with E-state index in [1.54, 1.807) is 45.0 Å². The van der Waals surface area contributed by atoms with Crippen LogP contribution >= 0.6 is 0 Å². The van der Waals surface area contributed by atoms with Crippen molar-refractivity contribution < 1.29 is 22.4 Å². The summed E-state index contributed by atoms with van der Waals surface area (Å²) in [5.41, 5.74) is -1.06. The third kappa shape index (κ3) is 4.94. The summed E-state index contributed by atoms with van der Waals surface area (Å²) in [6.45, 7) is 11.5. The topological polar surface area (TPSA) is 72.8 Å². The van der Waals surface area contributed by atoms with Gasteiger partial charge in [-0.15, -0.1) is 0 Å². The summed E-state index contributed by atoms with van der Waals surface area (Å²) in [6.07, 6.45) is 0.514. The van der Waals surface area contributed by atoms with Gasteiger partial charge in [-0.1, -0.05) is 52.8 Å². The smallest absolute Gasteiger partial charge is 0.309 e. The van der Waals surface area contributed by atoms with E-state index in [4.69, 9.17) is 9.47 Å². The molecule has 0 amide bonds. The van der Waals surface area contributed by atoms with E-state index in [-0.39, 0.29) is 12.0 Å². The van der Waals surface area contributed by atoms with Crippen molar-refractivity contribution in [3.05, 3.63) is 30.3 Å². The Morgan fingerprint density at radius 1 is 1.04 bits per heavy atom. The zero-order chi connectivity index (χ0) is 18.6. The average Bonchev–Trinajstić information content (AvgIpc) is 2.40. The van der Waals surface area contributed by atoms with Gasteiger partial charge < -0.3 is 9.47 Å². The molecular weight excluding hydrogens is 328 g/mol. The first kappa shape index (κ1) is 20.9. The lowest BCUT2D eigenvalue weighted by atomic mass is 9.72. The summed E-state index contributed by atoms with van der Waals surface area (Å²) < 4.78 is 46.4. The zero-order valence-electron chi connectivity index (χ0n) is 15.5. The molecule has 6 heteroatoms. The molecule has 138 valence electrons. The molecule has 0 aliphatic carbocycles. The van der Waals surface area contributed by atoms with Crippen molar-refractivity contribution in [1.82, 2.24) is 0 Å². The molecule has 0 radical (unpaired) electrons. The van der Waals surface area contributed by atoms with E-state index in [2.05, 4.69) is 0 Å². The Balaban J connectivity index is 3.46. The standard InChI is InChI=1S/C18H30O5S/c1-7-22-14-18(24(19,20)21,17(5,6)13-16(2,3)4)23-15-11-9-8-10-12-15/h8-12H,7,13-14H2,1-6H3,(H,19,20,21). The third-order valence-electron chi connectivity index (χ3n) is 3.94. The second-order valence-electron chi connectivity index (χ2n) is 7.90. The van der Waals surface area contributed by atoms with E-state index in [0.717, 1.165) is 0 Å². The summed E-state index contributed by atoms with van der Waals surface area (Å²) in [5.74, 6) is 0.372. The first-order chi connectivity index (χ1) is 10.8. The van der Waals surface area contributed by atoms with Crippen molar-refractivity contribution in [3.8, 4) is 5.75 Å². The highest BCUT2D eigenvalue weighted by Crippen LogP contribution is 2.46. The minimum atomic E-state index is -4.57. The van der Waals surface area contributed by atoms with E-state index >= 15 is 0 Å². The molecule has 0 bridgehead atoms. The predicted molar refractivity (Wildman–Crippen MR) is 95.7 cm³/mol. The van der Waals surface area contributed by atoms with Crippen LogP contribution in [0, 0.1) is 10.8 Å². The maximum atomic E-state index is 12.4. The van der Waals surface area contributed by atoms with Crippen LogP contribution in [0.1, 0.15) is 48.0 Å². The van der Waals surface area contributed by atoms with Crippen molar-refractivity contribution in [2.75, 3.05) is 13.2 Å². The maximum Gasteiger partial charge on any atom is 0.309 e. The molecule has 1 rings (SSSR count). The number of ether oxygens (including phenoxy) is 2. The Kier molecular flexibility index (Phi) is 6.47. The van der Waals surface area contributed by atoms with Crippen LogP contribution in [0.25, 0.3) is 0 Å². The van der Waals surface area contributed by atoms with Crippen LogP contribution < -0.4 is 4.74 Å². The molecule has 0 saturated carbocycles. The monoisotopic (exact) mass is 358 g/mol. The minimum absolute atomic E-state index is 0.161. The number of hydrogen-bond donors (Lipinski definition) is 1. The average molecular weight is 359 g/mol. The van der Waals surface area contributed by atoms with Gasteiger partial charge in [0.05, 0.1) is 0 Å². The normalized spacial score (nSPS) is 15.8. The lowest BCUT2D eigenvalue weighted by Crippen LogP contribution is -2.59. The van der Waals surface area contributed by atoms with Crippen molar-refractivity contribution in [2.45, 2.75) is 52.9 Å². The SMILES string of the molecule is CCOCC(Oc1ccccc1)(C(C)(C)CC(C)(C)C)S(=O)(=O)O. The van der Waals surface area contributed by atoms with E-state index in [9.17, 15) is 13.0 Å².